The molecule has 0 N–H and O–H groups in total. The van der Waals surface area contributed by atoms with Gasteiger partial charge < -0.3 is 4.90 Å². The molecule has 112 valence electrons. The maximum absolute atomic E-state index is 12.5. The van der Waals surface area contributed by atoms with E-state index in [1.54, 1.807) is 16.4 Å². The normalized spacial score (nSPS) is 23.4. The Kier molecular flexibility index (Phi) is 3.78. The lowest BCUT2D eigenvalue weighted by molar-refractivity contribution is 0.467. The summed E-state index contributed by atoms with van der Waals surface area (Å²) in [5.74, 6) is 0.633. The van der Waals surface area contributed by atoms with Crippen LogP contribution < -0.4 is 4.90 Å². The average Bonchev–Trinajstić information content (AvgIpc) is 3.19. The number of aromatic nitrogens is 2. The minimum absolute atomic E-state index is 0.263. The first-order valence-corrected chi connectivity index (χ1v) is 8.59. The molecule has 1 aromatic heterocycles. The zero-order chi connectivity index (χ0) is 14.9. The van der Waals surface area contributed by atoms with Crippen LogP contribution in [0, 0.1) is 11.3 Å². The summed E-state index contributed by atoms with van der Waals surface area (Å²) in [5.41, 5.74) is 0.263. The van der Waals surface area contributed by atoms with Crippen molar-refractivity contribution < 1.29 is 8.42 Å². The van der Waals surface area contributed by atoms with Crippen LogP contribution in [-0.4, -0.2) is 54.3 Å². The standard InChI is InChI=1S/C13H17N5O2S/c14-9-11-3-4-13(16-15-11)17-8-5-12(10-17)21(19,20)18-6-1-2-7-18/h3-4,12H,1-2,5-8,10H2. The minimum atomic E-state index is -3.20. The third-order valence-corrected chi connectivity index (χ3v) is 6.39. The summed E-state index contributed by atoms with van der Waals surface area (Å²) in [6.45, 7) is 2.39. The number of hydrogen-bond acceptors (Lipinski definition) is 6. The van der Waals surface area contributed by atoms with Crippen molar-refractivity contribution in [3.05, 3.63) is 17.8 Å². The van der Waals surface area contributed by atoms with Crippen LogP contribution in [0.3, 0.4) is 0 Å². The Morgan fingerprint density at radius 3 is 2.57 bits per heavy atom. The van der Waals surface area contributed by atoms with E-state index in [4.69, 9.17) is 5.26 Å². The van der Waals surface area contributed by atoms with E-state index in [-0.39, 0.29) is 10.9 Å². The molecule has 2 saturated heterocycles. The van der Waals surface area contributed by atoms with Gasteiger partial charge in [-0.05, 0) is 31.4 Å². The van der Waals surface area contributed by atoms with Crippen LogP contribution in [0.5, 0.6) is 0 Å². The summed E-state index contributed by atoms with van der Waals surface area (Å²) >= 11 is 0. The van der Waals surface area contributed by atoms with Gasteiger partial charge in [-0.2, -0.15) is 5.26 Å². The maximum Gasteiger partial charge on any atom is 0.218 e. The smallest absolute Gasteiger partial charge is 0.218 e. The summed E-state index contributed by atoms with van der Waals surface area (Å²) in [6.07, 6.45) is 2.52. The molecule has 3 rings (SSSR count). The van der Waals surface area contributed by atoms with Gasteiger partial charge in [0, 0.05) is 26.2 Å². The first-order chi connectivity index (χ1) is 10.1. The topological polar surface area (TPSA) is 90.2 Å². The third kappa shape index (κ3) is 2.71. The average molecular weight is 307 g/mol. The van der Waals surface area contributed by atoms with E-state index >= 15 is 0 Å². The van der Waals surface area contributed by atoms with Gasteiger partial charge in [-0.25, -0.2) is 12.7 Å². The van der Waals surface area contributed by atoms with E-state index in [2.05, 4.69) is 10.2 Å². The molecule has 3 heterocycles. The summed E-state index contributed by atoms with van der Waals surface area (Å²) in [6, 6.07) is 5.24. The highest BCUT2D eigenvalue weighted by Crippen LogP contribution is 2.26. The van der Waals surface area contributed by atoms with Gasteiger partial charge in [0.1, 0.15) is 6.07 Å². The van der Waals surface area contributed by atoms with E-state index in [9.17, 15) is 8.42 Å². The molecule has 0 bridgehead atoms. The molecule has 21 heavy (non-hydrogen) atoms. The van der Waals surface area contributed by atoms with E-state index < -0.39 is 10.0 Å². The monoisotopic (exact) mass is 307 g/mol. The Balaban J connectivity index is 1.71. The van der Waals surface area contributed by atoms with Crippen molar-refractivity contribution in [2.24, 2.45) is 0 Å². The van der Waals surface area contributed by atoms with Crippen LogP contribution in [0.15, 0.2) is 12.1 Å². The highest BCUT2D eigenvalue weighted by Gasteiger charge is 2.38. The Morgan fingerprint density at radius 2 is 1.95 bits per heavy atom. The molecule has 0 amide bonds. The number of hydrogen-bond donors (Lipinski definition) is 0. The predicted molar refractivity (Wildman–Crippen MR) is 77.1 cm³/mol. The quantitative estimate of drug-likeness (QED) is 0.800. The van der Waals surface area contributed by atoms with Gasteiger partial charge >= 0.3 is 0 Å². The van der Waals surface area contributed by atoms with Gasteiger partial charge in [0.15, 0.2) is 11.5 Å². The highest BCUT2D eigenvalue weighted by molar-refractivity contribution is 7.89. The van der Waals surface area contributed by atoms with Gasteiger partial charge in [-0.1, -0.05) is 0 Å². The maximum atomic E-state index is 12.5. The van der Waals surface area contributed by atoms with E-state index in [0.717, 1.165) is 12.8 Å². The van der Waals surface area contributed by atoms with Crippen LogP contribution in [-0.2, 0) is 10.0 Å². The molecule has 1 aromatic rings. The summed E-state index contributed by atoms with van der Waals surface area (Å²) in [4.78, 5) is 1.92. The van der Waals surface area contributed by atoms with Crippen molar-refractivity contribution >= 4 is 15.8 Å². The van der Waals surface area contributed by atoms with Crippen molar-refractivity contribution in [3.63, 3.8) is 0 Å². The van der Waals surface area contributed by atoms with Crippen LogP contribution in [0.2, 0.25) is 0 Å². The lowest BCUT2D eigenvalue weighted by atomic mass is 10.4. The summed E-state index contributed by atoms with van der Waals surface area (Å²) in [5, 5.41) is 16.1. The summed E-state index contributed by atoms with van der Waals surface area (Å²) < 4.78 is 26.7. The molecule has 1 unspecified atom stereocenters. The van der Waals surface area contributed by atoms with Gasteiger partial charge in [-0.15, -0.1) is 10.2 Å². The van der Waals surface area contributed by atoms with Gasteiger partial charge in [0.05, 0.1) is 5.25 Å². The van der Waals surface area contributed by atoms with Gasteiger partial charge in [0.2, 0.25) is 10.0 Å². The number of nitriles is 1. The Morgan fingerprint density at radius 1 is 1.19 bits per heavy atom. The van der Waals surface area contributed by atoms with Crippen molar-refractivity contribution in [1.29, 1.82) is 5.26 Å². The largest absolute Gasteiger partial charge is 0.354 e. The number of nitrogens with zero attached hydrogens (tertiary/aromatic N) is 5. The van der Waals surface area contributed by atoms with E-state index in [0.29, 0.717) is 38.4 Å². The van der Waals surface area contributed by atoms with Crippen molar-refractivity contribution in [3.8, 4) is 6.07 Å². The fraction of sp³-hybridized carbons (Fsp3) is 0.615. The first kappa shape index (κ1) is 14.2. The van der Waals surface area contributed by atoms with Crippen LogP contribution in [0.1, 0.15) is 25.0 Å². The molecule has 0 spiro atoms. The molecule has 7 nitrogen and oxygen atoms in total. The lowest BCUT2D eigenvalue weighted by Gasteiger charge is -2.21. The van der Waals surface area contributed by atoms with Crippen LogP contribution >= 0.6 is 0 Å². The fourth-order valence-electron chi connectivity index (χ4n) is 2.89. The zero-order valence-electron chi connectivity index (χ0n) is 11.6. The number of sulfonamides is 1. The second-order valence-electron chi connectivity index (χ2n) is 5.40. The molecular weight excluding hydrogens is 290 g/mol. The van der Waals surface area contributed by atoms with E-state index in [1.165, 1.54) is 0 Å². The van der Waals surface area contributed by atoms with Crippen LogP contribution in [0.25, 0.3) is 0 Å². The van der Waals surface area contributed by atoms with Crippen molar-refractivity contribution in [2.75, 3.05) is 31.1 Å². The highest BCUT2D eigenvalue weighted by atomic mass is 32.2. The molecule has 8 heteroatoms. The Hall–Kier alpha value is -1.72. The first-order valence-electron chi connectivity index (χ1n) is 7.09. The molecule has 0 radical (unpaired) electrons. The number of anilines is 1. The van der Waals surface area contributed by atoms with Gasteiger partial charge in [-0.3, -0.25) is 0 Å². The van der Waals surface area contributed by atoms with Gasteiger partial charge in [0.25, 0.3) is 0 Å². The van der Waals surface area contributed by atoms with Crippen molar-refractivity contribution in [2.45, 2.75) is 24.5 Å². The fourth-order valence-corrected chi connectivity index (χ4v) is 4.85. The SMILES string of the molecule is N#Cc1ccc(N2CCC(S(=O)(=O)N3CCCC3)C2)nn1. The molecule has 0 aliphatic carbocycles. The molecule has 2 aliphatic heterocycles. The Bertz CT molecular complexity index is 646. The summed E-state index contributed by atoms with van der Waals surface area (Å²) in [7, 11) is -3.20. The molecule has 2 fully saturated rings. The molecular formula is C13H17N5O2S. The van der Waals surface area contributed by atoms with Crippen LogP contribution in [0.4, 0.5) is 5.82 Å². The minimum Gasteiger partial charge on any atom is -0.354 e. The molecule has 0 aromatic carbocycles. The van der Waals surface area contributed by atoms with Crippen molar-refractivity contribution in [1.82, 2.24) is 14.5 Å². The molecule has 2 aliphatic rings. The number of rotatable bonds is 3. The molecule has 0 saturated carbocycles. The second kappa shape index (κ2) is 5.58. The lowest BCUT2D eigenvalue weighted by Crippen LogP contribution is -2.38. The second-order valence-corrected chi connectivity index (χ2v) is 7.61. The third-order valence-electron chi connectivity index (χ3n) is 4.08. The zero-order valence-corrected chi connectivity index (χ0v) is 12.5. The Labute approximate surface area is 124 Å². The van der Waals surface area contributed by atoms with E-state index in [1.807, 2.05) is 11.0 Å². The predicted octanol–water partition coefficient (Wildman–Crippen LogP) is 0.353. The molecule has 1 atom stereocenters.